The first kappa shape index (κ1) is 18.2. The molecule has 0 spiro atoms. The number of hydrogen-bond acceptors (Lipinski definition) is 2. The fraction of sp³-hybridized carbons (Fsp3) is 0.125. The van der Waals surface area contributed by atoms with E-state index in [-0.39, 0.29) is 5.91 Å². The van der Waals surface area contributed by atoms with Gasteiger partial charge in [-0.2, -0.15) is 0 Å². The van der Waals surface area contributed by atoms with Gasteiger partial charge in [-0.15, -0.1) is 0 Å². The van der Waals surface area contributed by atoms with Crippen molar-refractivity contribution in [1.82, 2.24) is 5.32 Å². The lowest BCUT2D eigenvalue weighted by atomic mass is 10.0. The van der Waals surface area contributed by atoms with Crippen LogP contribution in [0, 0.1) is 0 Å². The highest BCUT2D eigenvalue weighted by Crippen LogP contribution is 2.20. The van der Waals surface area contributed by atoms with Gasteiger partial charge in [0.05, 0.1) is 0 Å². The third-order valence-corrected chi connectivity index (χ3v) is 4.51. The lowest BCUT2D eigenvalue weighted by Crippen LogP contribution is -2.45. The van der Waals surface area contributed by atoms with Crippen LogP contribution >= 0.6 is 47.8 Å². The molecule has 7 heteroatoms. The van der Waals surface area contributed by atoms with Gasteiger partial charge in [-0.3, -0.25) is 9.59 Å². The second kappa shape index (κ2) is 8.08. The monoisotopic (exact) mass is 502 g/mol. The van der Waals surface area contributed by atoms with Crippen LogP contribution in [0.5, 0.6) is 0 Å². The van der Waals surface area contributed by atoms with Gasteiger partial charge < -0.3 is 11.1 Å². The predicted molar refractivity (Wildman–Crippen MR) is 100 cm³/mol. The van der Waals surface area contributed by atoms with Crippen LogP contribution in [0.2, 0.25) is 0 Å². The summed E-state index contributed by atoms with van der Waals surface area (Å²) in [5, 5.41) is 2.68. The molecule has 0 aliphatic rings. The molecule has 1 atom stereocenters. The van der Waals surface area contributed by atoms with Gasteiger partial charge in [-0.25, -0.2) is 0 Å². The average molecular weight is 505 g/mol. The molecule has 0 unspecified atom stereocenters. The summed E-state index contributed by atoms with van der Waals surface area (Å²) in [4.78, 5) is 24.0. The summed E-state index contributed by atoms with van der Waals surface area (Å²) >= 11 is 10.0. The maximum atomic E-state index is 12.4. The van der Waals surface area contributed by atoms with Gasteiger partial charge in [0, 0.05) is 25.4 Å². The van der Waals surface area contributed by atoms with Crippen molar-refractivity contribution in [2.45, 2.75) is 12.5 Å². The van der Waals surface area contributed by atoms with Crippen molar-refractivity contribution in [3.8, 4) is 0 Å². The zero-order chi connectivity index (χ0) is 17.0. The Labute approximate surface area is 159 Å². The second-order valence-corrected chi connectivity index (χ2v) is 7.67. The molecule has 0 aliphatic carbocycles. The van der Waals surface area contributed by atoms with Crippen LogP contribution in [0.3, 0.4) is 0 Å². The molecule has 0 aromatic heterocycles. The molecule has 0 fully saturated rings. The van der Waals surface area contributed by atoms with Gasteiger partial charge >= 0.3 is 0 Å². The number of carbonyl (C=O) groups excluding carboxylic acids is 2. The van der Waals surface area contributed by atoms with Crippen LogP contribution in [-0.4, -0.2) is 17.9 Å². The highest BCUT2D eigenvalue weighted by molar-refractivity contribution is 9.11. The van der Waals surface area contributed by atoms with E-state index in [9.17, 15) is 9.59 Å². The van der Waals surface area contributed by atoms with E-state index in [2.05, 4.69) is 53.1 Å². The molecule has 0 heterocycles. The second-order valence-electron chi connectivity index (χ2n) is 4.92. The number of primary amides is 1. The molecule has 0 bridgehead atoms. The Morgan fingerprint density at radius 1 is 1.00 bits per heavy atom. The molecule has 0 aliphatic heterocycles. The van der Waals surface area contributed by atoms with Crippen LogP contribution < -0.4 is 11.1 Å². The lowest BCUT2D eigenvalue weighted by molar-refractivity contribution is -0.119. The average Bonchev–Trinajstić information content (AvgIpc) is 2.45. The summed E-state index contributed by atoms with van der Waals surface area (Å²) in [6, 6.07) is 11.9. The van der Waals surface area contributed by atoms with Crippen molar-refractivity contribution < 1.29 is 9.59 Å². The van der Waals surface area contributed by atoms with E-state index >= 15 is 0 Å². The van der Waals surface area contributed by atoms with Gasteiger partial charge in [-0.05, 0) is 35.9 Å². The molecule has 0 saturated heterocycles. The van der Waals surface area contributed by atoms with Crippen LogP contribution in [0.25, 0.3) is 0 Å². The van der Waals surface area contributed by atoms with Gasteiger partial charge in [0.2, 0.25) is 5.91 Å². The van der Waals surface area contributed by atoms with E-state index in [0.717, 1.165) is 19.0 Å². The van der Waals surface area contributed by atoms with E-state index in [1.54, 1.807) is 12.1 Å². The Morgan fingerprint density at radius 3 is 2.22 bits per heavy atom. The molecular weight excluding hydrogens is 492 g/mol. The van der Waals surface area contributed by atoms with Gasteiger partial charge in [0.15, 0.2) is 0 Å². The minimum Gasteiger partial charge on any atom is -0.368 e. The van der Waals surface area contributed by atoms with E-state index in [1.165, 1.54) is 0 Å². The van der Waals surface area contributed by atoms with Crippen LogP contribution in [-0.2, 0) is 11.2 Å². The Kier molecular flexibility index (Phi) is 6.38. The van der Waals surface area contributed by atoms with Crippen molar-refractivity contribution in [1.29, 1.82) is 0 Å². The summed E-state index contributed by atoms with van der Waals surface area (Å²) in [7, 11) is 0. The smallest absolute Gasteiger partial charge is 0.252 e. The summed E-state index contributed by atoms with van der Waals surface area (Å²) < 4.78 is 2.43. The Morgan fingerprint density at radius 2 is 1.65 bits per heavy atom. The van der Waals surface area contributed by atoms with Crippen LogP contribution in [0.1, 0.15) is 15.9 Å². The Hall–Kier alpha value is -1.18. The minimum atomic E-state index is -0.783. The van der Waals surface area contributed by atoms with E-state index in [1.807, 2.05) is 30.3 Å². The zero-order valence-corrected chi connectivity index (χ0v) is 16.6. The van der Waals surface area contributed by atoms with Gasteiger partial charge in [0.1, 0.15) is 6.04 Å². The molecule has 3 N–H and O–H groups in total. The fourth-order valence-corrected chi connectivity index (χ4v) is 3.79. The number of halogens is 3. The van der Waals surface area contributed by atoms with E-state index in [0.29, 0.717) is 12.0 Å². The van der Waals surface area contributed by atoms with Crippen molar-refractivity contribution in [2.75, 3.05) is 0 Å². The Balaban J connectivity index is 2.15. The number of rotatable bonds is 5. The maximum absolute atomic E-state index is 12.4. The summed E-state index contributed by atoms with van der Waals surface area (Å²) in [5.41, 5.74) is 6.76. The van der Waals surface area contributed by atoms with Crippen molar-refractivity contribution in [3.63, 3.8) is 0 Å². The third-order valence-electron chi connectivity index (χ3n) is 3.10. The molecular formula is C16H13Br3N2O2. The zero-order valence-electron chi connectivity index (χ0n) is 11.9. The molecule has 0 saturated carbocycles. The van der Waals surface area contributed by atoms with Crippen molar-refractivity contribution in [2.24, 2.45) is 5.73 Å². The number of carbonyl (C=O) groups is 2. The quantitative estimate of drug-likeness (QED) is 0.650. The largest absolute Gasteiger partial charge is 0.368 e. The molecule has 2 aromatic carbocycles. The summed E-state index contributed by atoms with van der Waals surface area (Å²) in [6.07, 6.45) is 0.329. The molecule has 2 amide bonds. The standard InChI is InChI=1S/C16H13Br3N2O2/c17-11-3-1-2-9(4-11)5-14(15(20)22)21-16(23)10-6-12(18)8-13(19)7-10/h1-4,6-8,14H,5H2,(H2,20,22)(H,21,23)/t14-/m1/s1. The predicted octanol–water partition coefficient (Wildman–Crippen LogP) is 3.80. The molecule has 2 rings (SSSR count). The first-order valence-electron chi connectivity index (χ1n) is 6.66. The van der Waals surface area contributed by atoms with Gasteiger partial charge in [0.25, 0.3) is 5.91 Å². The van der Waals surface area contributed by atoms with E-state index in [4.69, 9.17) is 5.73 Å². The number of benzene rings is 2. The molecule has 0 radical (unpaired) electrons. The molecule has 4 nitrogen and oxygen atoms in total. The van der Waals surface area contributed by atoms with E-state index < -0.39 is 11.9 Å². The molecule has 23 heavy (non-hydrogen) atoms. The normalized spacial score (nSPS) is 11.8. The number of hydrogen-bond donors (Lipinski definition) is 2. The maximum Gasteiger partial charge on any atom is 0.252 e. The van der Waals surface area contributed by atoms with Crippen LogP contribution in [0.15, 0.2) is 55.9 Å². The van der Waals surface area contributed by atoms with Gasteiger partial charge in [-0.1, -0.05) is 59.9 Å². The summed E-state index contributed by atoms with van der Waals surface area (Å²) in [6.45, 7) is 0. The first-order chi connectivity index (χ1) is 10.8. The Bertz CT molecular complexity index is 730. The minimum absolute atomic E-state index is 0.329. The molecule has 2 aromatic rings. The fourth-order valence-electron chi connectivity index (χ4n) is 2.05. The first-order valence-corrected chi connectivity index (χ1v) is 9.04. The highest BCUT2D eigenvalue weighted by atomic mass is 79.9. The third kappa shape index (κ3) is 5.44. The van der Waals surface area contributed by atoms with Crippen molar-refractivity contribution >= 4 is 59.6 Å². The number of amides is 2. The summed E-state index contributed by atoms with van der Waals surface area (Å²) in [5.74, 6) is -0.932. The topological polar surface area (TPSA) is 72.2 Å². The SMILES string of the molecule is NC(=O)[C@@H](Cc1cccc(Br)c1)NC(=O)c1cc(Br)cc(Br)c1. The lowest BCUT2D eigenvalue weighted by Gasteiger charge is -2.16. The number of nitrogens with two attached hydrogens (primary N) is 1. The number of nitrogens with one attached hydrogen (secondary N) is 1. The highest BCUT2D eigenvalue weighted by Gasteiger charge is 2.20. The van der Waals surface area contributed by atoms with Crippen molar-refractivity contribution in [3.05, 3.63) is 67.0 Å². The van der Waals surface area contributed by atoms with Crippen LogP contribution in [0.4, 0.5) is 0 Å². The molecule has 120 valence electrons.